The smallest absolute Gasteiger partial charge is 0.135 e. The van der Waals surface area contributed by atoms with Crippen molar-refractivity contribution in [2.45, 2.75) is 32.7 Å². The summed E-state index contributed by atoms with van der Waals surface area (Å²) in [5, 5.41) is 10.8. The maximum Gasteiger partial charge on any atom is 0.135 e. The summed E-state index contributed by atoms with van der Waals surface area (Å²) in [5.41, 5.74) is 10.9. The van der Waals surface area contributed by atoms with Crippen LogP contribution in [0.25, 0.3) is 5.70 Å². The number of nitrogens with zero attached hydrogens (tertiary/aromatic N) is 1. The van der Waals surface area contributed by atoms with Crippen LogP contribution in [0.4, 0.5) is 10.1 Å². The van der Waals surface area contributed by atoms with E-state index < -0.39 is 5.82 Å². The van der Waals surface area contributed by atoms with Crippen molar-refractivity contribution in [3.63, 3.8) is 0 Å². The highest BCUT2D eigenvalue weighted by Gasteiger charge is 2.13. The lowest BCUT2D eigenvalue weighted by Crippen LogP contribution is -2.14. The zero-order chi connectivity index (χ0) is 18.2. The van der Waals surface area contributed by atoms with Crippen molar-refractivity contribution < 1.29 is 4.39 Å². The van der Waals surface area contributed by atoms with Crippen LogP contribution in [0.1, 0.15) is 43.0 Å². The first kappa shape index (κ1) is 18.4. The molecule has 130 valence electrons. The Kier molecular flexibility index (Phi) is 6.49. The molecule has 0 spiro atoms. The van der Waals surface area contributed by atoms with E-state index in [1.165, 1.54) is 31.4 Å². The summed E-state index contributed by atoms with van der Waals surface area (Å²) in [5.74, 6) is -0.484. The largest absolute Gasteiger partial charge is 0.398 e. The van der Waals surface area contributed by atoms with Crippen LogP contribution in [0.3, 0.4) is 0 Å². The van der Waals surface area contributed by atoms with E-state index >= 15 is 0 Å². The van der Waals surface area contributed by atoms with Gasteiger partial charge in [-0.15, -0.1) is 5.73 Å². The Balaban J connectivity index is 0.000000676. The van der Waals surface area contributed by atoms with Crippen molar-refractivity contribution in [1.82, 2.24) is 10.3 Å². The summed E-state index contributed by atoms with van der Waals surface area (Å²) in [6, 6.07) is 8.31. The van der Waals surface area contributed by atoms with E-state index in [-0.39, 0.29) is 17.0 Å². The highest BCUT2D eigenvalue weighted by Crippen LogP contribution is 2.23. The fourth-order valence-corrected chi connectivity index (χ4v) is 2.04. The molecule has 5 heteroatoms. The van der Waals surface area contributed by atoms with Crippen molar-refractivity contribution >= 4 is 17.1 Å². The molecule has 0 atom stereocenters. The second-order valence-corrected chi connectivity index (χ2v) is 5.83. The molecule has 0 bridgehead atoms. The molecule has 0 amide bonds. The average molecular weight is 338 g/mol. The van der Waals surface area contributed by atoms with Crippen molar-refractivity contribution in [3.8, 4) is 0 Å². The quantitative estimate of drug-likeness (QED) is 0.433. The van der Waals surface area contributed by atoms with E-state index in [0.29, 0.717) is 17.8 Å². The molecule has 1 heterocycles. The van der Waals surface area contributed by atoms with E-state index in [4.69, 9.17) is 11.1 Å². The van der Waals surface area contributed by atoms with Gasteiger partial charge in [0.1, 0.15) is 5.82 Å². The Labute approximate surface area is 147 Å². The average Bonchev–Trinajstić information content (AvgIpc) is 3.46. The van der Waals surface area contributed by atoms with Gasteiger partial charge < -0.3 is 16.5 Å². The van der Waals surface area contributed by atoms with Crippen molar-refractivity contribution in [2.24, 2.45) is 0 Å². The predicted octanol–water partition coefficient (Wildman–Crippen LogP) is 4.28. The van der Waals surface area contributed by atoms with Crippen LogP contribution in [0.5, 0.6) is 0 Å². The first-order chi connectivity index (χ1) is 12.0. The Morgan fingerprint density at radius 1 is 1.32 bits per heavy atom. The Morgan fingerprint density at radius 3 is 2.56 bits per heavy atom. The summed E-state index contributed by atoms with van der Waals surface area (Å²) in [7, 11) is 0. The van der Waals surface area contributed by atoms with Gasteiger partial charge in [0.25, 0.3) is 0 Å². The van der Waals surface area contributed by atoms with Gasteiger partial charge in [-0.1, -0.05) is 31.9 Å². The monoisotopic (exact) mass is 338 g/mol. The number of rotatable bonds is 5. The normalized spacial score (nSPS) is 11.6. The molecule has 1 aromatic carbocycles. The van der Waals surface area contributed by atoms with Crippen LogP contribution in [0.2, 0.25) is 0 Å². The number of benzene rings is 1. The van der Waals surface area contributed by atoms with Gasteiger partial charge in [-0.2, -0.15) is 0 Å². The van der Waals surface area contributed by atoms with E-state index in [0.717, 1.165) is 5.69 Å². The first-order valence-electron chi connectivity index (χ1n) is 8.21. The summed E-state index contributed by atoms with van der Waals surface area (Å²) in [6.07, 6.45) is 6.19. The van der Waals surface area contributed by atoms with Gasteiger partial charge >= 0.3 is 0 Å². The second-order valence-electron chi connectivity index (χ2n) is 5.83. The third-order valence-electron chi connectivity index (χ3n) is 3.52. The molecular formula is C20H23FN4. The minimum Gasteiger partial charge on any atom is -0.398 e. The van der Waals surface area contributed by atoms with Gasteiger partial charge in [-0.25, -0.2) is 4.39 Å². The highest BCUT2D eigenvalue weighted by atomic mass is 19.1. The van der Waals surface area contributed by atoms with Gasteiger partial charge in [-0.05, 0) is 31.2 Å². The second kappa shape index (κ2) is 8.81. The Morgan fingerprint density at radius 2 is 2.04 bits per heavy atom. The maximum absolute atomic E-state index is 14.2. The van der Waals surface area contributed by atoms with Crippen LogP contribution in [0.15, 0.2) is 48.8 Å². The zero-order valence-corrected chi connectivity index (χ0v) is 14.4. The van der Waals surface area contributed by atoms with Crippen LogP contribution < -0.4 is 11.1 Å². The number of hydrogen-bond acceptors (Lipinski definition) is 4. The molecule has 0 aliphatic heterocycles. The lowest BCUT2D eigenvalue weighted by Gasteiger charge is -2.13. The number of aromatic nitrogens is 1. The molecule has 4 nitrogen and oxygen atoms in total. The van der Waals surface area contributed by atoms with E-state index in [1.54, 1.807) is 13.1 Å². The SMILES string of the molecule is C1CC1.C=C=C(NCc1ccccn1)c1cc(C(C)=N)c(N)cc1F. The van der Waals surface area contributed by atoms with Crippen LogP contribution in [-0.4, -0.2) is 10.7 Å². The Bertz CT molecular complexity index is 788. The topological polar surface area (TPSA) is 74.8 Å². The number of halogens is 1. The van der Waals surface area contributed by atoms with E-state index in [1.807, 2.05) is 18.2 Å². The third kappa shape index (κ3) is 5.59. The zero-order valence-electron chi connectivity index (χ0n) is 14.4. The molecule has 2 aromatic rings. The number of hydrogen-bond donors (Lipinski definition) is 3. The van der Waals surface area contributed by atoms with Gasteiger partial charge in [0.15, 0.2) is 0 Å². The molecular weight excluding hydrogens is 315 g/mol. The van der Waals surface area contributed by atoms with Crippen molar-refractivity contribution in [2.75, 3.05) is 5.73 Å². The molecule has 1 aliphatic rings. The third-order valence-corrected chi connectivity index (χ3v) is 3.52. The lowest BCUT2D eigenvalue weighted by molar-refractivity contribution is 0.622. The molecule has 0 unspecified atom stereocenters. The summed E-state index contributed by atoms with van der Waals surface area (Å²) in [6.45, 7) is 5.61. The molecule has 1 saturated carbocycles. The lowest BCUT2D eigenvalue weighted by atomic mass is 10.0. The van der Waals surface area contributed by atoms with Gasteiger partial charge in [-0.3, -0.25) is 4.98 Å². The molecule has 1 aliphatic carbocycles. The Hall–Kier alpha value is -2.91. The number of anilines is 1. The fourth-order valence-electron chi connectivity index (χ4n) is 2.04. The van der Waals surface area contributed by atoms with E-state index in [9.17, 15) is 4.39 Å². The molecule has 1 aromatic heterocycles. The van der Waals surface area contributed by atoms with Crippen molar-refractivity contribution in [3.05, 3.63) is 71.5 Å². The number of nitrogen functional groups attached to an aromatic ring is 1. The predicted molar refractivity (Wildman–Crippen MR) is 101 cm³/mol. The first-order valence-corrected chi connectivity index (χ1v) is 8.21. The molecule has 0 saturated heterocycles. The summed E-state index contributed by atoms with van der Waals surface area (Å²) < 4.78 is 14.2. The number of pyridine rings is 1. The van der Waals surface area contributed by atoms with Gasteiger partial charge in [0.05, 0.1) is 17.9 Å². The maximum atomic E-state index is 14.2. The van der Waals surface area contributed by atoms with Crippen molar-refractivity contribution in [1.29, 1.82) is 5.41 Å². The molecule has 4 N–H and O–H groups in total. The van der Waals surface area contributed by atoms with Gasteiger partial charge in [0.2, 0.25) is 0 Å². The molecule has 1 fully saturated rings. The van der Waals surface area contributed by atoms with E-state index in [2.05, 4.69) is 22.6 Å². The number of nitrogens with two attached hydrogens (primary N) is 1. The molecule has 0 radical (unpaired) electrons. The van der Waals surface area contributed by atoms with Crippen LogP contribution >= 0.6 is 0 Å². The summed E-state index contributed by atoms with van der Waals surface area (Å²) >= 11 is 0. The standard InChI is InChI=1S/C17H17FN4.C3H6/c1-3-17(22-10-12-6-4-5-7-21-12)14-8-13(11(2)19)16(20)9-15(14)18;1-2-3-1/h4-9,19,22H,1,10,20H2,2H3;1-3H2. The van der Waals surface area contributed by atoms with Crippen LogP contribution in [0, 0.1) is 11.2 Å². The molecule has 25 heavy (non-hydrogen) atoms. The minimum absolute atomic E-state index is 0.238. The van der Waals surface area contributed by atoms with Gasteiger partial charge in [0, 0.05) is 28.7 Å². The van der Waals surface area contributed by atoms with Crippen LogP contribution in [-0.2, 0) is 6.54 Å². The fraction of sp³-hybridized carbons (Fsp3) is 0.250. The molecule has 3 rings (SSSR count). The summed E-state index contributed by atoms with van der Waals surface area (Å²) in [4.78, 5) is 4.19. The minimum atomic E-state index is -0.484. The number of nitrogens with one attached hydrogen (secondary N) is 2. The highest BCUT2D eigenvalue weighted by molar-refractivity contribution is 6.01.